The number of rotatable bonds is 7. The Morgan fingerprint density at radius 3 is 2.33 bits per heavy atom. The van der Waals surface area contributed by atoms with Gasteiger partial charge in [0, 0.05) is 16.5 Å². The number of hydrogen-bond acceptors (Lipinski definition) is 5. The molecule has 0 radical (unpaired) electrons. The average Bonchev–Trinajstić information content (AvgIpc) is 3.21. The lowest BCUT2D eigenvalue weighted by Gasteiger charge is -2.14. The fourth-order valence-electron chi connectivity index (χ4n) is 3.36. The van der Waals surface area contributed by atoms with E-state index in [0.717, 1.165) is 16.9 Å². The Balaban J connectivity index is 1.58. The number of carboxylic acid groups (broad SMARTS) is 1. The second-order valence-corrected chi connectivity index (χ2v) is 10.4. The van der Waals surface area contributed by atoms with Crippen LogP contribution in [-0.4, -0.2) is 30.8 Å². The van der Waals surface area contributed by atoms with Gasteiger partial charge in [-0.1, -0.05) is 41.9 Å². The molecule has 1 aromatic heterocycles. The summed E-state index contributed by atoms with van der Waals surface area (Å²) in [4.78, 5) is 24.7. The second kappa shape index (κ2) is 7.63. The fourth-order valence-corrected chi connectivity index (χ4v) is 6.16. The molecule has 6 nitrogen and oxygen atoms in total. The first kappa shape index (κ1) is 20.7. The number of carboxylic acids is 1. The number of ketones is 1. The van der Waals surface area contributed by atoms with E-state index in [1.807, 2.05) is 6.07 Å². The lowest BCUT2D eigenvalue weighted by Crippen LogP contribution is -2.44. The first-order valence-electron chi connectivity index (χ1n) is 8.95. The molecule has 1 saturated carbocycles. The molecule has 3 aromatic rings. The summed E-state index contributed by atoms with van der Waals surface area (Å²) in [7, 11) is -4.13. The topological polar surface area (TPSA) is 101 Å². The number of carbonyl (C=O) groups is 2. The molecular weight excluding hydrogens is 446 g/mol. The van der Waals surface area contributed by atoms with E-state index in [0.29, 0.717) is 10.6 Å². The van der Waals surface area contributed by atoms with E-state index >= 15 is 0 Å². The van der Waals surface area contributed by atoms with Crippen molar-refractivity contribution in [2.45, 2.75) is 22.1 Å². The van der Waals surface area contributed by atoms with Crippen LogP contribution in [0, 0.1) is 0 Å². The second-order valence-electron chi connectivity index (χ2n) is 7.00. The van der Waals surface area contributed by atoms with Crippen LogP contribution in [0.4, 0.5) is 0 Å². The van der Waals surface area contributed by atoms with Crippen molar-refractivity contribution in [3.8, 4) is 0 Å². The van der Waals surface area contributed by atoms with Crippen LogP contribution in [0.3, 0.4) is 0 Å². The SMILES string of the molecule is O=C(c1ccc(Cl)cc1)c1ccc(S(=O)(=O)N[C@@]2(C(=O)O)C[C@@H]2c2ccccc2)s1. The third kappa shape index (κ3) is 3.79. The standard InChI is InChI=1S/C21H16ClNO5S2/c22-15-8-6-14(7-9-15)19(24)17-10-11-18(29-17)30(27,28)23-21(20(25)26)12-16(21)13-4-2-1-3-5-13/h1-11,16,23H,12H2,(H,25,26)/t16-,21+/m1/s1. The molecule has 2 aromatic carbocycles. The van der Waals surface area contributed by atoms with Crippen molar-refractivity contribution in [1.29, 1.82) is 0 Å². The molecule has 0 saturated heterocycles. The highest BCUT2D eigenvalue weighted by Crippen LogP contribution is 2.52. The minimum absolute atomic E-state index is 0.112. The normalized spacial score (nSPS) is 20.6. The van der Waals surface area contributed by atoms with Gasteiger partial charge in [0.2, 0.25) is 5.78 Å². The first-order valence-corrected chi connectivity index (χ1v) is 11.6. The molecule has 4 rings (SSSR count). The van der Waals surface area contributed by atoms with Gasteiger partial charge in [0.25, 0.3) is 10.0 Å². The van der Waals surface area contributed by atoms with Gasteiger partial charge in [0.05, 0.1) is 4.88 Å². The minimum atomic E-state index is -4.13. The summed E-state index contributed by atoms with van der Waals surface area (Å²) in [6.07, 6.45) is 0.160. The van der Waals surface area contributed by atoms with Gasteiger partial charge in [-0.05, 0) is 48.4 Å². The number of sulfonamides is 1. The maximum Gasteiger partial charge on any atom is 0.325 e. The van der Waals surface area contributed by atoms with Crippen LogP contribution in [0.5, 0.6) is 0 Å². The molecule has 1 heterocycles. The molecular formula is C21H16ClNO5S2. The maximum absolute atomic E-state index is 12.9. The Kier molecular flexibility index (Phi) is 5.27. The number of hydrogen-bond donors (Lipinski definition) is 2. The van der Waals surface area contributed by atoms with Crippen molar-refractivity contribution in [2.24, 2.45) is 0 Å². The highest BCUT2D eigenvalue weighted by atomic mass is 35.5. The van der Waals surface area contributed by atoms with Crippen LogP contribution < -0.4 is 4.72 Å². The van der Waals surface area contributed by atoms with E-state index in [2.05, 4.69) is 4.72 Å². The van der Waals surface area contributed by atoms with E-state index in [1.54, 1.807) is 48.5 Å². The maximum atomic E-state index is 12.9. The largest absolute Gasteiger partial charge is 0.480 e. The zero-order valence-corrected chi connectivity index (χ0v) is 17.8. The Morgan fingerprint density at radius 2 is 1.70 bits per heavy atom. The van der Waals surface area contributed by atoms with Gasteiger partial charge >= 0.3 is 5.97 Å². The number of benzene rings is 2. The summed E-state index contributed by atoms with van der Waals surface area (Å²) >= 11 is 6.63. The van der Waals surface area contributed by atoms with Crippen LogP contribution in [0.25, 0.3) is 0 Å². The Morgan fingerprint density at radius 1 is 1.03 bits per heavy atom. The highest BCUT2D eigenvalue weighted by molar-refractivity contribution is 7.91. The van der Waals surface area contributed by atoms with Crippen molar-refractivity contribution < 1.29 is 23.1 Å². The molecule has 1 aliphatic rings. The molecule has 9 heteroatoms. The lowest BCUT2D eigenvalue weighted by molar-refractivity contribution is -0.140. The van der Waals surface area contributed by atoms with Crippen molar-refractivity contribution in [2.75, 3.05) is 0 Å². The Labute approximate surface area is 182 Å². The predicted molar refractivity (Wildman–Crippen MR) is 114 cm³/mol. The van der Waals surface area contributed by atoms with E-state index in [9.17, 15) is 23.1 Å². The molecule has 2 atom stereocenters. The van der Waals surface area contributed by atoms with Gasteiger partial charge in [-0.25, -0.2) is 8.42 Å². The summed E-state index contributed by atoms with van der Waals surface area (Å²) in [6.45, 7) is 0. The molecule has 1 fully saturated rings. The summed E-state index contributed by atoms with van der Waals surface area (Å²) in [5, 5.41) is 10.2. The minimum Gasteiger partial charge on any atom is -0.480 e. The molecule has 2 N–H and O–H groups in total. The third-order valence-electron chi connectivity index (χ3n) is 5.04. The van der Waals surface area contributed by atoms with Crippen molar-refractivity contribution in [3.05, 3.63) is 87.8 Å². The number of aliphatic carboxylic acids is 1. The van der Waals surface area contributed by atoms with Crippen LogP contribution in [0.2, 0.25) is 5.02 Å². The van der Waals surface area contributed by atoms with E-state index in [1.165, 1.54) is 12.1 Å². The van der Waals surface area contributed by atoms with Gasteiger partial charge in [0.1, 0.15) is 9.75 Å². The first-order chi connectivity index (χ1) is 14.2. The van der Waals surface area contributed by atoms with Gasteiger partial charge in [-0.2, -0.15) is 4.72 Å². The van der Waals surface area contributed by atoms with Crippen molar-refractivity contribution in [3.63, 3.8) is 0 Å². The zero-order valence-electron chi connectivity index (χ0n) is 15.4. The molecule has 0 aliphatic heterocycles. The van der Waals surface area contributed by atoms with Gasteiger partial charge < -0.3 is 5.11 Å². The molecule has 0 unspecified atom stereocenters. The monoisotopic (exact) mass is 461 g/mol. The molecule has 0 spiro atoms. The van der Waals surface area contributed by atoms with Crippen LogP contribution in [0.15, 0.2) is 70.9 Å². The molecule has 1 aliphatic carbocycles. The van der Waals surface area contributed by atoms with Crippen LogP contribution in [-0.2, 0) is 14.8 Å². The number of carbonyl (C=O) groups excluding carboxylic acids is 1. The van der Waals surface area contributed by atoms with E-state index in [-0.39, 0.29) is 21.3 Å². The fraction of sp³-hybridized carbons (Fsp3) is 0.143. The molecule has 0 bridgehead atoms. The summed E-state index contributed by atoms with van der Waals surface area (Å²) in [6, 6.07) is 17.9. The molecule has 30 heavy (non-hydrogen) atoms. The summed E-state index contributed by atoms with van der Waals surface area (Å²) < 4.78 is 28.0. The third-order valence-corrected chi connectivity index (χ3v) is 8.37. The van der Waals surface area contributed by atoms with E-state index < -0.39 is 27.4 Å². The van der Waals surface area contributed by atoms with Crippen LogP contribution >= 0.6 is 22.9 Å². The quantitative estimate of drug-likeness (QED) is 0.519. The number of halogens is 1. The van der Waals surface area contributed by atoms with Gasteiger partial charge in [-0.3, -0.25) is 9.59 Å². The van der Waals surface area contributed by atoms with Crippen molar-refractivity contribution in [1.82, 2.24) is 4.72 Å². The van der Waals surface area contributed by atoms with E-state index in [4.69, 9.17) is 11.6 Å². The van der Waals surface area contributed by atoms with Gasteiger partial charge in [-0.15, -0.1) is 11.3 Å². The predicted octanol–water partition coefficient (Wildman–Crippen LogP) is 3.92. The smallest absolute Gasteiger partial charge is 0.325 e. The zero-order chi connectivity index (χ0) is 21.5. The van der Waals surface area contributed by atoms with Crippen LogP contribution in [0.1, 0.15) is 33.1 Å². The Bertz CT molecular complexity index is 1220. The molecule has 154 valence electrons. The molecule has 0 amide bonds. The number of thiophene rings is 1. The average molecular weight is 462 g/mol. The number of nitrogens with one attached hydrogen (secondary N) is 1. The Hall–Kier alpha value is -2.52. The van der Waals surface area contributed by atoms with Gasteiger partial charge in [0.15, 0.2) is 0 Å². The van der Waals surface area contributed by atoms with Crippen molar-refractivity contribution >= 4 is 44.7 Å². The lowest BCUT2D eigenvalue weighted by atomic mass is 10.1. The summed E-state index contributed by atoms with van der Waals surface area (Å²) in [5.41, 5.74) is -0.455. The summed E-state index contributed by atoms with van der Waals surface area (Å²) in [5.74, 6) is -2.02. The highest BCUT2D eigenvalue weighted by Gasteiger charge is 2.63.